The van der Waals surface area contributed by atoms with Gasteiger partial charge in [0.25, 0.3) is 0 Å². The highest BCUT2D eigenvalue weighted by atomic mass is 15.0. The molecule has 0 aliphatic rings. The van der Waals surface area contributed by atoms with Gasteiger partial charge in [-0.3, -0.25) is 0 Å². The largest absolute Gasteiger partial charge is 0.386 e. The van der Waals surface area contributed by atoms with E-state index in [-0.39, 0.29) is 6.04 Å². The third kappa shape index (κ3) is 2.92. The van der Waals surface area contributed by atoms with Crippen molar-refractivity contribution >= 4 is 11.4 Å². The smallest absolute Gasteiger partial charge is 0.0576 e. The van der Waals surface area contributed by atoms with E-state index in [1.807, 2.05) is 31.3 Å². The molecule has 0 aromatic heterocycles. The lowest BCUT2D eigenvalue weighted by Crippen LogP contribution is -2.28. The Bertz CT molecular complexity index is 273. The van der Waals surface area contributed by atoms with Gasteiger partial charge in [-0.25, -0.2) is 0 Å². The van der Waals surface area contributed by atoms with Crippen LogP contribution in [0.1, 0.15) is 13.3 Å². The molecule has 0 aliphatic carbocycles. The van der Waals surface area contributed by atoms with Crippen molar-refractivity contribution in [3.63, 3.8) is 0 Å². The first kappa shape index (κ1) is 10.9. The first-order valence-corrected chi connectivity index (χ1v) is 5.04. The maximum Gasteiger partial charge on any atom is 0.0576 e. The van der Waals surface area contributed by atoms with Crippen LogP contribution in [0.15, 0.2) is 24.3 Å². The summed E-state index contributed by atoms with van der Waals surface area (Å²) in [7, 11) is 1.92. The highest BCUT2D eigenvalue weighted by Crippen LogP contribution is 2.19. The summed E-state index contributed by atoms with van der Waals surface area (Å²) >= 11 is 0. The van der Waals surface area contributed by atoms with Crippen LogP contribution in [0.5, 0.6) is 0 Å². The molecular weight excluding hydrogens is 174 g/mol. The van der Waals surface area contributed by atoms with Crippen molar-refractivity contribution in [2.24, 2.45) is 5.73 Å². The third-order valence-electron chi connectivity index (χ3n) is 2.28. The third-order valence-corrected chi connectivity index (χ3v) is 2.28. The summed E-state index contributed by atoms with van der Waals surface area (Å²) in [5.41, 5.74) is 8.05. The molecule has 0 saturated carbocycles. The molecule has 14 heavy (non-hydrogen) atoms. The Hall–Kier alpha value is -1.22. The van der Waals surface area contributed by atoms with E-state index in [9.17, 15) is 0 Å². The van der Waals surface area contributed by atoms with Crippen LogP contribution < -0.4 is 16.4 Å². The van der Waals surface area contributed by atoms with Crippen molar-refractivity contribution in [1.82, 2.24) is 0 Å². The molecule has 0 heterocycles. The van der Waals surface area contributed by atoms with Crippen LogP contribution in [-0.2, 0) is 0 Å². The van der Waals surface area contributed by atoms with Crippen molar-refractivity contribution < 1.29 is 0 Å². The summed E-state index contributed by atoms with van der Waals surface area (Å²) in [4.78, 5) is 0. The molecule has 3 nitrogen and oxygen atoms in total. The number of hydrogen-bond donors (Lipinski definition) is 3. The van der Waals surface area contributed by atoms with Gasteiger partial charge >= 0.3 is 0 Å². The van der Waals surface area contributed by atoms with Gasteiger partial charge in [0.15, 0.2) is 0 Å². The lowest BCUT2D eigenvalue weighted by atomic mass is 10.2. The monoisotopic (exact) mass is 193 g/mol. The van der Waals surface area contributed by atoms with Gasteiger partial charge in [-0.2, -0.15) is 0 Å². The fraction of sp³-hybridized carbons (Fsp3) is 0.455. The second-order valence-corrected chi connectivity index (χ2v) is 3.34. The van der Waals surface area contributed by atoms with E-state index >= 15 is 0 Å². The summed E-state index contributed by atoms with van der Waals surface area (Å²) in [6, 6.07) is 8.34. The minimum absolute atomic E-state index is 0.222. The number of benzene rings is 1. The number of anilines is 2. The summed E-state index contributed by atoms with van der Waals surface area (Å²) in [6.45, 7) is 2.91. The highest BCUT2D eigenvalue weighted by molar-refractivity contribution is 5.68. The molecule has 1 unspecified atom stereocenters. The first-order valence-electron chi connectivity index (χ1n) is 5.04. The van der Waals surface area contributed by atoms with Crippen molar-refractivity contribution in [2.75, 3.05) is 24.2 Å². The van der Waals surface area contributed by atoms with Crippen LogP contribution in [0.25, 0.3) is 0 Å². The van der Waals surface area contributed by atoms with Crippen LogP contribution in [0.2, 0.25) is 0 Å². The second kappa shape index (κ2) is 5.50. The van der Waals surface area contributed by atoms with E-state index in [0.717, 1.165) is 24.3 Å². The Balaban J connectivity index is 2.57. The molecule has 1 atom stereocenters. The molecule has 0 amide bonds. The lowest BCUT2D eigenvalue weighted by Gasteiger charge is -2.14. The Morgan fingerprint density at radius 2 is 1.93 bits per heavy atom. The minimum Gasteiger partial charge on any atom is -0.386 e. The molecule has 0 aliphatic heterocycles. The van der Waals surface area contributed by atoms with Crippen molar-refractivity contribution in [2.45, 2.75) is 19.4 Å². The van der Waals surface area contributed by atoms with E-state index in [2.05, 4.69) is 17.6 Å². The van der Waals surface area contributed by atoms with E-state index in [1.54, 1.807) is 0 Å². The van der Waals surface area contributed by atoms with Crippen LogP contribution in [0, 0.1) is 0 Å². The molecule has 0 spiro atoms. The fourth-order valence-corrected chi connectivity index (χ4v) is 1.24. The Morgan fingerprint density at radius 3 is 2.50 bits per heavy atom. The highest BCUT2D eigenvalue weighted by Gasteiger charge is 2.01. The van der Waals surface area contributed by atoms with Crippen LogP contribution in [0.3, 0.4) is 0 Å². The molecule has 0 fully saturated rings. The van der Waals surface area contributed by atoms with E-state index in [1.165, 1.54) is 0 Å². The van der Waals surface area contributed by atoms with Crippen LogP contribution >= 0.6 is 0 Å². The molecule has 0 saturated heterocycles. The Kier molecular flexibility index (Phi) is 4.26. The molecule has 4 N–H and O–H groups in total. The fourth-order valence-electron chi connectivity index (χ4n) is 1.24. The zero-order valence-electron chi connectivity index (χ0n) is 8.88. The molecule has 78 valence electrons. The standard InChI is InChI=1S/C11H19N3/c1-3-9(12)8-14-11-7-5-4-6-10(11)13-2/h4-7,9,13-14H,3,8,12H2,1-2H3. The summed E-state index contributed by atoms with van der Waals surface area (Å²) in [5, 5.41) is 6.46. The predicted octanol–water partition coefficient (Wildman–Crippen LogP) is 1.88. The van der Waals surface area contributed by atoms with Gasteiger partial charge in [0, 0.05) is 19.6 Å². The molecule has 1 aromatic carbocycles. The Morgan fingerprint density at radius 1 is 1.29 bits per heavy atom. The van der Waals surface area contributed by atoms with E-state index < -0.39 is 0 Å². The molecule has 1 aromatic rings. The predicted molar refractivity (Wildman–Crippen MR) is 62.7 cm³/mol. The molecular formula is C11H19N3. The van der Waals surface area contributed by atoms with Gasteiger partial charge in [-0.1, -0.05) is 19.1 Å². The summed E-state index contributed by atoms with van der Waals surface area (Å²) < 4.78 is 0. The van der Waals surface area contributed by atoms with Gasteiger partial charge in [0.2, 0.25) is 0 Å². The maximum absolute atomic E-state index is 5.83. The number of nitrogens with one attached hydrogen (secondary N) is 2. The molecule has 0 bridgehead atoms. The van der Waals surface area contributed by atoms with Gasteiger partial charge < -0.3 is 16.4 Å². The van der Waals surface area contributed by atoms with E-state index in [0.29, 0.717) is 0 Å². The van der Waals surface area contributed by atoms with Gasteiger partial charge in [0.05, 0.1) is 11.4 Å². The number of rotatable bonds is 5. The number of hydrogen-bond acceptors (Lipinski definition) is 3. The lowest BCUT2D eigenvalue weighted by molar-refractivity contribution is 0.679. The zero-order chi connectivity index (χ0) is 10.4. The average molecular weight is 193 g/mol. The van der Waals surface area contributed by atoms with Gasteiger partial charge in [0.1, 0.15) is 0 Å². The Labute approximate surface area is 85.7 Å². The number of para-hydroxylation sites is 2. The molecule has 3 heteroatoms. The van der Waals surface area contributed by atoms with Gasteiger partial charge in [-0.15, -0.1) is 0 Å². The second-order valence-electron chi connectivity index (χ2n) is 3.34. The van der Waals surface area contributed by atoms with Crippen LogP contribution in [-0.4, -0.2) is 19.6 Å². The minimum atomic E-state index is 0.222. The molecule has 0 radical (unpaired) electrons. The normalized spacial score (nSPS) is 12.2. The van der Waals surface area contributed by atoms with Gasteiger partial charge in [-0.05, 0) is 18.6 Å². The zero-order valence-corrected chi connectivity index (χ0v) is 8.88. The summed E-state index contributed by atoms with van der Waals surface area (Å²) in [6.07, 6.45) is 0.995. The van der Waals surface area contributed by atoms with Crippen molar-refractivity contribution in [1.29, 1.82) is 0 Å². The summed E-state index contributed by atoms with van der Waals surface area (Å²) in [5.74, 6) is 0. The number of nitrogens with two attached hydrogens (primary N) is 1. The topological polar surface area (TPSA) is 50.1 Å². The molecule has 1 rings (SSSR count). The van der Waals surface area contributed by atoms with E-state index in [4.69, 9.17) is 5.73 Å². The van der Waals surface area contributed by atoms with Crippen LogP contribution in [0.4, 0.5) is 11.4 Å². The van der Waals surface area contributed by atoms with Crippen molar-refractivity contribution in [3.8, 4) is 0 Å². The SMILES string of the molecule is CCC(N)CNc1ccccc1NC. The average Bonchev–Trinajstić information content (AvgIpc) is 2.26. The van der Waals surface area contributed by atoms with Crippen molar-refractivity contribution in [3.05, 3.63) is 24.3 Å². The quantitative estimate of drug-likeness (QED) is 0.669. The first-order chi connectivity index (χ1) is 6.77. The maximum atomic E-state index is 5.83.